The fourth-order valence-corrected chi connectivity index (χ4v) is 4.20. The smallest absolute Gasteiger partial charge is 0.254 e. The van der Waals surface area contributed by atoms with Crippen molar-refractivity contribution in [2.75, 3.05) is 23.3 Å². The Labute approximate surface area is 180 Å². The van der Waals surface area contributed by atoms with Gasteiger partial charge in [0.25, 0.3) is 5.91 Å². The van der Waals surface area contributed by atoms with E-state index in [9.17, 15) is 14.4 Å². The van der Waals surface area contributed by atoms with Crippen molar-refractivity contribution in [3.05, 3.63) is 59.1 Å². The lowest BCUT2D eigenvalue weighted by atomic mass is 10.1. The second kappa shape index (κ2) is 8.88. The molecule has 2 aliphatic rings. The summed E-state index contributed by atoms with van der Waals surface area (Å²) < 4.78 is 0. The van der Waals surface area contributed by atoms with Gasteiger partial charge in [0.05, 0.1) is 0 Å². The number of carbonyl (C=O) groups excluding carboxylic acids is 3. The van der Waals surface area contributed by atoms with E-state index in [0.29, 0.717) is 42.2 Å². The van der Waals surface area contributed by atoms with Crippen LogP contribution in [0.4, 0.5) is 11.4 Å². The van der Waals surface area contributed by atoms with Gasteiger partial charge in [0.2, 0.25) is 11.8 Å². The van der Waals surface area contributed by atoms with Crippen LogP contribution in [0.5, 0.6) is 0 Å². The number of hydrogen-bond acceptors (Lipinski definition) is 3. The van der Waals surface area contributed by atoms with E-state index >= 15 is 0 Å². The molecule has 7 heteroatoms. The molecule has 6 nitrogen and oxygen atoms in total. The van der Waals surface area contributed by atoms with Gasteiger partial charge in [-0.2, -0.15) is 0 Å². The van der Waals surface area contributed by atoms with Gasteiger partial charge in [0.1, 0.15) is 6.04 Å². The number of rotatable bonds is 4. The van der Waals surface area contributed by atoms with Crippen molar-refractivity contribution in [3.63, 3.8) is 0 Å². The molecule has 0 radical (unpaired) electrons. The Morgan fingerprint density at radius 2 is 1.67 bits per heavy atom. The van der Waals surface area contributed by atoms with Crippen molar-refractivity contribution >= 4 is 40.7 Å². The summed E-state index contributed by atoms with van der Waals surface area (Å²) in [5.74, 6) is -0.238. The van der Waals surface area contributed by atoms with Crippen molar-refractivity contribution in [3.8, 4) is 0 Å². The zero-order chi connectivity index (χ0) is 21.1. The van der Waals surface area contributed by atoms with Crippen molar-refractivity contribution in [2.24, 2.45) is 0 Å². The van der Waals surface area contributed by atoms with E-state index in [-0.39, 0.29) is 17.7 Å². The van der Waals surface area contributed by atoms with Gasteiger partial charge in [-0.25, -0.2) is 0 Å². The van der Waals surface area contributed by atoms with E-state index in [1.165, 1.54) is 0 Å². The minimum Gasteiger partial charge on any atom is -0.327 e. The Kier molecular flexibility index (Phi) is 6.04. The molecular weight excluding hydrogens is 402 g/mol. The van der Waals surface area contributed by atoms with Crippen LogP contribution in [0, 0.1) is 0 Å². The molecule has 0 spiro atoms. The van der Waals surface area contributed by atoms with Crippen molar-refractivity contribution in [1.82, 2.24) is 4.90 Å². The Bertz CT molecular complexity index is 943. The van der Waals surface area contributed by atoms with Crippen LogP contribution in [-0.2, 0) is 9.59 Å². The largest absolute Gasteiger partial charge is 0.327 e. The zero-order valence-corrected chi connectivity index (χ0v) is 17.4. The summed E-state index contributed by atoms with van der Waals surface area (Å²) in [6, 6.07) is 13.5. The second-order valence-electron chi connectivity index (χ2n) is 7.70. The fraction of sp³-hybridized carbons (Fsp3) is 0.348. The Morgan fingerprint density at radius 1 is 0.933 bits per heavy atom. The number of likely N-dealkylation sites (tertiary alicyclic amines) is 1. The highest BCUT2D eigenvalue weighted by Crippen LogP contribution is 2.25. The Balaban J connectivity index is 1.44. The maximum Gasteiger partial charge on any atom is 0.254 e. The standard InChI is InChI=1S/C23H24ClN3O3/c24-17-8-10-18(11-9-17)25-22(29)20-4-3-15-27(20)23(30)16-6-12-19(13-7-16)26-14-2-1-5-21(26)28/h6-13,20H,1-5,14-15H2,(H,25,29)/t20-/m1/s1. The van der Waals surface area contributed by atoms with Gasteiger partial charge in [0, 0.05) is 41.5 Å². The Morgan fingerprint density at radius 3 is 2.37 bits per heavy atom. The number of amides is 3. The van der Waals surface area contributed by atoms with Crippen molar-refractivity contribution < 1.29 is 14.4 Å². The molecule has 2 aromatic carbocycles. The molecular formula is C23H24ClN3O3. The maximum atomic E-state index is 13.1. The third-order valence-corrected chi connectivity index (χ3v) is 5.93. The SMILES string of the molecule is O=C(Nc1ccc(Cl)cc1)[C@H]1CCCN1C(=O)c1ccc(N2CCCCC2=O)cc1. The fourth-order valence-electron chi connectivity index (χ4n) is 4.07. The molecule has 0 aliphatic carbocycles. The quantitative estimate of drug-likeness (QED) is 0.801. The summed E-state index contributed by atoms with van der Waals surface area (Å²) in [5, 5.41) is 3.47. The lowest BCUT2D eigenvalue weighted by Gasteiger charge is -2.27. The number of nitrogens with zero attached hydrogens (tertiary/aromatic N) is 2. The third-order valence-electron chi connectivity index (χ3n) is 5.68. The summed E-state index contributed by atoms with van der Waals surface area (Å²) in [7, 11) is 0. The number of anilines is 2. The van der Waals surface area contributed by atoms with E-state index in [0.717, 1.165) is 24.9 Å². The molecule has 0 bridgehead atoms. The lowest BCUT2D eigenvalue weighted by molar-refractivity contribution is -0.120. The predicted molar refractivity (Wildman–Crippen MR) is 117 cm³/mol. The van der Waals surface area contributed by atoms with Crippen LogP contribution >= 0.6 is 11.6 Å². The molecule has 156 valence electrons. The minimum absolute atomic E-state index is 0.124. The number of piperidine rings is 1. The molecule has 2 aromatic rings. The molecule has 0 aromatic heterocycles. The minimum atomic E-state index is -0.503. The van der Waals surface area contributed by atoms with E-state index in [2.05, 4.69) is 5.32 Å². The molecule has 4 rings (SSSR count). The summed E-state index contributed by atoms with van der Waals surface area (Å²) in [6.45, 7) is 1.26. The van der Waals surface area contributed by atoms with Crippen LogP contribution in [0.15, 0.2) is 48.5 Å². The van der Waals surface area contributed by atoms with Gasteiger partial charge < -0.3 is 15.1 Å². The van der Waals surface area contributed by atoms with Crippen molar-refractivity contribution in [1.29, 1.82) is 0 Å². The average molecular weight is 426 g/mol. The predicted octanol–water partition coefficient (Wildman–Crippen LogP) is 4.10. The highest BCUT2D eigenvalue weighted by atomic mass is 35.5. The molecule has 2 saturated heterocycles. The summed E-state index contributed by atoms with van der Waals surface area (Å²) >= 11 is 5.89. The molecule has 1 N–H and O–H groups in total. The first-order valence-corrected chi connectivity index (χ1v) is 10.7. The number of halogens is 1. The number of carbonyl (C=O) groups is 3. The molecule has 0 saturated carbocycles. The highest BCUT2D eigenvalue weighted by Gasteiger charge is 2.34. The Hall–Kier alpha value is -2.86. The van der Waals surface area contributed by atoms with Gasteiger partial charge in [-0.1, -0.05) is 11.6 Å². The first kappa shape index (κ1) is 20.4. The third kappa shape index (κ3) is 4.33. The molecule has 1 atom stereocenters. The topological polar surface area (TPSA) is 69.7 Å². The summed E-state index contributed by atoms with van der Waals surface area (Å²) in [5.41, 5.74) is 1.99. The van der Waals surface area contributed by atoms with Gasteiger partial charge in [-0.3, -0.25) is 14.4 Å². The molecule has 2 fully saturated rings. The van der Waals surface area contributed by atoms with Crippen LogP contribution in [0.1, 0.15) is 42.5 Å². The van der Waals surface area contributed by atoms with Crippen LogP contribution in [-0.4, -0.2) is 41.8 Å². The first-order chi connectivity index (χ1) is 14.5. The molecule has 0 unspecified atom stereocenters. The summed E-state index contributed by atoms with van der Waals surface area (Å²) in [4.78, 5) is 41.3. The highest BCUT2D eigenvalue weighted by molar-refractivity contribution is 6.30. The van der Waals surface area contributed by atoms with E-state index in [1.807, 2.05) is 12.1 Å². The second-order valence-corrected chi connectivity index (χ2v) is 8.14. The van der Waals surface area contributed by atoms with E-state index < -0.39 is 6.04 Å². The van der Waals surface area contributed by atoms with Crippen LogP contribution in [0.2, 0.25) is 5.02 Å². The van der Waals surface area contributed by atoms with Gasteiger partial charge in [0.15, 0.2) is 0 Å². The van der Waals surface area contributed by atoms with E-state index in [1.54, 1.807) is 46.2 Å². The van der Waals surface area contributed by atoms with Crippen LogP contribution in [0.25, 0.3) is 0 Å². The zero-order valence-electron chi connectivity index (χ0n) is 16.6. The van der Waals surface area contributed by atoms with E-state index in [4.69, 9.17) is 11.6 Å². The number of benzene rings is 2. The molecule has 3 amide bonds. The van der Waals surface area contributed by atoms with Crippen LogP contribution in [0.3, 0.4) is 0 Å². The van der Waals surface area contributed by atoms with Crippen LogP contribution < -0.4 is 10.2 Å². The monoisotopic (exact) mass is 425 g/mol. The molecule has 30 heavy (non-hydrogen) atoms. The number of hydrogen-bond donors (Lipinski definition) is 1. The first-order valence-electron chi connectivity index (χ1n) is 10.3. The van der Waals surface area contributed by atoms with Gasteiger partial charge >= 0.3 is 0 Å². The average Bonchev–Trinajstić information content (AvgIpc) is 3.25. The summed E-state index contributed by atoms with van der Waals surface area (Å²) in [6.07, 6.45) is 3.90. The number of nitrogens with one attached hydrogen (secondary N) is 1. The normalized spacial score (nSPS) is 19.1. The molecule has 2 aliphatic heterocycles. The van der Waals surface area contributed by atoms with Gasteiger partial charge in [-0.15, -0.1) is 0 Å². The lowest BCUT2D eigenvalue weighted by Crippen LogP contribution is -2.43. The van der Waals surface area contributed by atoms with Crippen molar-refractivity contribution in [2.45, 2.75) is 38.1 Å². The molecule has 2 heterocycles. The van der Waals surface area contributed by atoms with Gasteiger partial charge in [-0.05, 0) is 74.2 Å². The maximum absolute atomic E-state index is 13.1.